The number of nitrogens with one attached hydrogen (secondary N) is 1. The van der Waals surface area contributed by atoms with Crippen LogP contribution in [0, 0.1) is 0 Å². The minimum Gasteiger partial charge on any atom is -0.497 e. The Morgan fingerprint density at radius 2 is 1.64 bits per heavy atom. The molecule has 1 aliphatic heterocycles. The molecule has 0 spiro atoms. The number of hydrogen-bond acceptors (Lipinski definition) is 6. The van der Waals surface area contributed by atoms with Crippen molar-refractivity contribution in [1.29, 1.82) is 0 Å². The number of carbonyl (C=O) groups is 2. The quantitative estimate of drug-likeness (QED) is 0.473. The van der Waals surface area contributed by atoms with E-state index in [2.05, 4.69) is 12.2 Å². The highest BCUT2D eigenvalue weighted by atomic mass is 16.5. The second-order valence-corrected chi connectivity index (χ2v) is 9.66. The standard InChI is InChI=1S/C30H35NO5/c1-6-15-35-24-13-9-21(10-14-24)28-27(30(33)36-18(2)3)19(4)31-25-16-22(17-26(32)29(25)28)20-7-11-23(34-5)12-8-20/h7-14,18,22,28,31H,6,15-17H2,1-5H3/t22-,28+/m0/s1. The molecule has 0 radical (unpaired) electrons. The van der Waals surface area contributed by atoms with Gasteiger partial charge in [-0.05, 0) is 74.9 Å². The molecule has 1 heterocycles. The first kappa shape index (κ1) is 25.5. The van der Waals surface area contributed by atoms with Crippen molar-refractivity contribution in [3.63, 3.8) is 0 Å². The van der Waals surface area contributed by atoms with Crippen molar-refractivity contribution in [3.8, 4) is 11.5 Å². The van der Waals surface area contributed by atoms with Crippen LogP contribution in [0.1, 0.15) is 69.9 Å². The average molecular weight is 490 g/mol. The van der Waals surface area contributed by atoms with Crippen LogP contribution in [0.2, 0.25) is 0 Å². The summed E-state index contributed by atoms with van der Waals surface area (Å²) >= 11 is 0. The van der Waals surface area contributed by atoms with Crippen molar-refractivity contribution < 1.29 is 23.8 Å². The molecule has 36 heavy (non-hydrogen) atoms. The second kappa shape index (κ2) is 11.0. The fourth-order valence-electron chi connectivity index (χ4n) is 5.01. The Hall–Kier alpha value is -3.54. The van der Waals surface area contributed by atoms with Crippen molar-refractivity contribution in [2.24, 2.45) is 0 Å². The van der Waals surface area contributed by atoms with Crippen LogP contribution in [0.15, 0.2) is 71.1 Å². The number of benzene rings is 2. The number of methoxy groups -OCH3 is 1. The first-order chi connectivity index (χ1) is 17.3. The monoisotopic (exact) mass is 489 g/mol. The number of allylic oxidation sites excluding steroid dienone is 3. The third-order valence-corrected chi connectivity index (χ3v) is 6.66. The van der Waals surface area contributed by atoms with Crippen LogP contribution in [0.25, 0.3) is 0 Å². The summed E-state index contributed by atoms with van der Waals surface area (Å²) in [5, 5.41) is 3.40. The second-order valence-electron chi connectivity index (χ2n) is 9.66. The van der Waals surface area contributed by atoms with Gasteiger partial charge in [-0.25, -0.2) is 4.79 Å². The maximum atomic E-state index is 13.7. The predicted molar refractivity (Wildman–Crippen MR) is 139 cm³/mol. The Bertz CT molecular complexity index is 1170. The number of carbonyl (C=O) groups excluding carboxylic acids is 2. The van der Waals surface area contributed by atoms with Crippen LogP contribution in [-0.2, 0) is 14.3 Å². The summed E-state index contributed by atoms with van der Waals surface area (Å²) in [5.74, 6) is 0.765. The predicted octanol–water partition coefficient (Wildman–Crippen LogP) is 5.80. The van der Waals surface area contributed by atoms with Crippen molar-refractivity contribution in [2.75, 3.05) is 13.7 Å². The maximum Gasteiger partial charge on any atom is 0.337 e. The van der Waals surface area contributed by atoms with Gasteiger partial charge in [0, 0.05) is 29.3 Å². The minimum absolute atomic E-state index is 0.0447. The summed E-state index contributed by atoms with van der Waals surface area (Å²) in [6.45, 7) is 8.24. The number of ketones is 1. The van der Waals surface area contributed by atoms with Crippen LogP contribution in [-0.4, -0.2) is 31.6 Å². The van der Waals surface area contributed by atoms with E-state index < -0.39 is 11.9 Å². The molecule has 2 aromatic carbocycles. The summed E-state index contributed by atoms with van der Waals surface area (Å²) in [7, 11) is 1.64. The molecule has 190 valence electrons. The Labute approximate surface area is 213 Å². The number of rotatable bonds is 8. The Morgan fingerprint density at radius 1 is 1.00 bits per heavy atom. The Balaban J connectivity index is 1.73. The number of hydrogen-bond donors (Lipinski definition) is 1. The van der Waals surface area contributed by atoms with Gasteiger partial charge in [-0.15, -0.1) is 0 Å². The number of Topliss-reactive ketones (excluding diaryl/α,β-unsaturated/α-hetero) is 1. The van der Waals surface area contributed by atoms with E-state index in [9.17, 15) is 9.59 Å². The van der Waals surface area contributed by atoms with Gasteiger partial charge in [0.05, 0.1) is 25.4 Å². The van der Waals surface area contributed by atoms with Crippen LogP contribution < -0.4 is 14.8 Å². The average Bonchev–Trinajstić information content (AvgIpc) is 2.86. The van der Waals surface area contributed by atoms with E-state index in [1.54, 1.807) is 7.11 Å². The van der Waals surface area contributed by atoms with Gasteiger partial charge in [-0.3, -0.25) is 4.79 Å². The molecule has 0 unspecified atom stereocenters. The molecule has 0 bridgehead atoms. The molecule has 1 N–H and O–H groups in total. The highest BCUT2D eigenvalue weighted by Gasteiger charge is 2.41. The first-order valence-corrected chi connectivity index (χ1v) is 12.6. The van der Waals surface area contributed by atoms with Crippen LogP contribution in [0.5, 0.6) is 11.5 Å². The summed E-state index contributed by atoms with van der Waals surface area (Å²) in [6, 6.07) is 15.6. The fraction of sp³-hybridized carbons (Fsp3) is 0.400. The molecular weight excluding hydrogens is 454 g/mol. The lowest BCUT2D eigenvalue weighted by molar-refractivity contribution is -0.143. The fourth-order valence-corrected chi connectivity index (χ4v) is 5.01. The van der Waals surface area contributed by atoms with Crippen molar-refractivity contribution in [3.05, 3.63) is 82.2 Å². The summed E-state index contributed by atoms with van der Waals surface area (Å²) < 4.78 is 16.6. The molecule has 2 atom stereocenters. The van der Waals surface area contributed by atoms with E-state index in [1.807, 2.05) is 69.3 Å². The summed E-state index contributed by atoms with van der Waals surface area (Å²) in [4.78, 5) is 27.0. The third kappa shape index (κ3) is 5.32. The summed E-state index contributed by atoms with van der Waals surface area (Å²) in [6.07, 6.45) is 1.72. The SMILES string of the molecule is CCCOc1ccc([C@@H]2C(C(=O)OC(C)C)=C(C)NC3=C2C(=O)C[C@@H](c2ccc(OC)cc2)C3)cc1. The van der Waals surface area contributed by atoms with E-state index >= 15 is 0 Å². The minimum atomic E-state index is -0.489. The van der Waals surface area contributed by atoms with Gasteiger partial charge < -0.3 is 19.5 Å². The zero-order valence-electron chi connectivity index (χ0n) is 21.7. The van der Waals surface area contributed by atoms with E-state index in [1.165, 1.54) is 0 Å². The molecular formula is C30H35NO5. The molecule has 0 aromatic heterocycles. The number of dihydropyridines is 1. The highest BCUT2D eigenvalue weighted by molar-refractivity contribution is 6.04. The van der Waals surface area contributed by atoms with Gasteiger partial charge in [0.2, 0.25) is 0 Å². The lowest BCUT2D eigenvalue weighted by Gasteiger charge is -2.37. The number of ether oxygens (including phenoxy) is 3. The van der Waals surface area contributed by atoms with Gasteiger partial charge in [0.1, 0.15) is 11.5 Å². The van der Waals surface area contributed by atoms with E-state index in [4.69, 9.17) is 14.2 Å². The molecule has 0 saturated carbocycles. The summed E-state index contributed by atoms with van der Waals surface area (Å²) in [5.41, 5.74) is 4.71. The van der Waals surface area contributed by atoms with Gasteiger partial charge >= 0.3 is 5.97 Å². The van der Waals surface area contributed by atoms with Gasteiger partial charge in [0.15, 0.2) is 5.78 Å². The third-order valence-electron chi connectivity index (χ3n) is 6.66. The normalized spacial score (nSPS) is 19.7. The maximum absolute atomic E-state index is 13.7. The molecule has 0 fully saturated rings. The molecule has 2 aromatic rings. The highest BCUT2D eigenvalue weighted by Crippen LogP contribution is 2.46. The topological polar surface area (TPSA) is 73.9 Å². The molecule has 4 rings (SSSR count). The first-order valence-electron chi connectivity index (χ1n) is 12.6. The molecule has 0 amide bonds. The van der Waals surface area contributed by atoms with E-state index in [0.29, 0.717) is 30.6 Å². The molecule has 1 aliphatic carbocycles. The van der Waals surface area contributed by atoms with Crippen molar-refractivity contribution in [2.45, 2.75) is 64.9 Å². The van der Waals surface area contributed by atoms with Crippen LogP contribution in [0.4, 0.5) is 0 Å². The molecule has 0 saturated heterocycles. The van der Waals surface area contributed by atoms with Gasteiger partial charge in [-0.2, -0.15) is 0 Å². The Kier molecular flexibility index (Phi) is 7.82. The lowest BCUT2D eigenvalue weighted by atomic mass is 9.71. The molecule has 6 heteroatoms. The van der Waals surface area contributed by atoms with Crippen LogP contribution in [0.3, 0.4) is 0 Å². The Morgan fingerprint density at radius 3 is 2.25 bits per heavy atom. The number of esters is 1. The van der Waals surface area contributed by atoms with Gasteiger partial charge in [-0.1, -0.05) is 31.2 Å². The van der Waals surface area contributed by atoms with E-state index in [-0.39, 0.29) is 17.8 Å². The van der Waals surface area contributed by atoms with Crippen molar-refractivity contribution in [1.82, 2.24) is 5.32 Å². The van der Waals surface area contributed by atoms with E-state index in [0.717, 1.165) is 40.4 Å². The van der Waals surface area contributed by atoms with Crippen molar-refractivity contribution >= 4 is 11.8 Å². The smallest absolute Gasteiger partial charge is 0.337 e. The van der Waals surface area contributed by atoms with Gasteiger partial charge in [0.25, 0.3) is 0 Å². The lowest BCUT2D eigenvalue weighted by Crippen LogP contribution is -2.36. The zero-order chi connectivity index (χ0) is 25.8. The zero-order valence-corrected chi connectivity index (χ0v) is 21.7. The largest absolute Gasteiger partial charge is 0.497 e. The molecule has 2 aliphatic rings. The van der Waals surface area contributed by atoms with Crippen LogP contribution >= 0.6 is 0 Å². The molecule has 6 nitrogen and oxygen atoms in total.